The van der Waals surface area contributed by atoms with E-state index in [0.717, 1.165) is 17.8 Å². The SMILES string of the molecule is CC(C)CN(C)c1cccc(C(N)=S)c1. The van der Waals surface area contributed by atoms with E-state index in [1.165, 1.54) is 0 Å². The molecule has 2 nitrogen and oxygen atoms in total. The van der Waals surface area contributed by atoms with Crippen LogP contribution in [-0.2, 0) is 0 Å². The molecule has 0 fully saturated rings. The Morgan fingerprint density at radius 2 is 2.13 bits per heavy atom. The molecule has 0 spiro atoms. The van der Waals surface area contributed by atoms with Crippen molar-refractivity contribution in [3.8, 4) is 0 Å². The number of hydrogen-bond donors (Lipinski definition) is 1. The van der Waals surface area contributed by atoms with E-state index in [0.29, 0.717) is 10.9 Å². The minimum absolute atomic E-state index is 0.454. The summed E-state index contributed by atoms with van der Waals surface area (Å²) in [5, 5.41) is 0. The molecular formula is C12H18N2S. The molecule has 0 radical (unpaired) electrons. The van der Waals surface area contributed by atoms with E-state index in [1.54, 1.807) is 0 Å². The molecule has 0 amide bonds. The van der Waals surface area contributed by atoms with Gasteiger partial charge in [-0.1, -0.05) is 38.2 Å². The number of benzene rings is 1. The predicted molar refractivity (Wildman–Crippen MR) is 70.4 cm³/mol. The van der Waals surface area contributed by atoms with Crippen molar-refractivity contribution in [2.45, 2.75) is 13.8 Å². The third-order valence-electron chi connectivity index (χ3n) is 2.21. The fourth-order valence-corrected chi connectivity index (χ4v) is 1.68. The molecule has 0 aliphatic heterocycles. The smallest absolute Gasteiger partial charge is 0.104 e. The maximum Gasteiger partial charge on any atom is 0.104 e. The molecule has 2 N–H and O–H groups in total. The number of rotatable bonds is 4. The van der Waals surface area contributed by atoms with Crippen molar-refractivity contribution in [1.29, 1.82) is 0 Å². The monoisotopic (exact) mass is 222 g/mol. The van der Waals surface area contributed by atoms with Gasteiger partial charge in [0.2, 0.25) is 0 Å². The van der Waals surface area contributed by atoms with Gasteiger partial charge in [-0.25, -0.2) is 0 Å². The second-order valence-electron chi connectivity index (χ2n) is 4.19. The van der Waals surface area contributed by atoms with Crippen LogP contribution in [0.5, 0.6) is 0 Å². The maximum atomic E-state index is 5.60. The lowest BCUT2D eigenvalue weighted by atomic mass is 10.1. The Morgan fingerprint density at radius 1 is 1.47 bits per heavy atom. The lowest BCUT2D eigenvalue weighted by molar-refractivity contribution is 0.638. The highest BCUT2D eigenvalue weighted by Crippen LogP contribution is 2.15. The minimum Gasteiger partial charge on any atom is -0.389 e. The van der Waals surface area contributed by atoms with Crippen LogP contribution in [0.4, 0.5) is 5.69 Å². The topological polar surface area (TPSA) is 29.3 Å². The fourth-order valence-electron chi connectivity index (χ4n) is 1.55. The molecule has 0 heterocycles. The maximum absolute atomic E-state index is 5.60. The Kier molecular flexibility index (Phi) is 4.09. The number of anilines is 1. The van der Waals surface area contributed by atoms with E-state index in [9.17, 15) is 0 Å². The zero-order valence-corrected chi connectivity index (χ0v) is 10.3. The lowest BCUT2D eigenvalue weighted by Gasteiger charge is -2.21. The van der Waals surface area contributed by atoms with Gasteiger partial charge in [-0.2, -0.15) is 0 Å². The molecule has 0 aromatic heterocycles. The summed E-state index contributed by atoms with van der Waals surface area (Å²) in [5.41, 5.74) is 7.69. The Morgan fingerprint density at radius 3 is 2.67 bits per heavy atom. The molecule has 82 valence electrons. The average Bonchev–Trinajstić information content (AvgIpc) is 2.17. The van der Waals surface area contributed by atoms with Gasteiger partial charge in [0.15, 0.2) is 0 Å². The van der Waals surface area contributed by atoms with Crippen molar-refractivity contribution in [2.75, 3.05) is 18.5 Å². The zero-order chi connectivity index (χ0) is 11.4. The molecular weight excluding hydrogens is 204 g/mol. The van der Waals surface area contributed by atoms with Gasteiger partial charge in [0.1, 0.15) is 4.99 Å². The van der Waals surface area contributed by atoms with Gasteiger partial charge in [-0.15, -0.1) is 0 Å². The van der Waals surface area contributed by atoms with Crippen LogP contribution < -0.4 is 10.6 Å². The summed E-state index contributed by atoms with van der Waals surface area (Å²) in [6.45, 7) is 5.43. The van der Waals surface area contributed by atoms with E-state index in [4.69, 9.17) is 18.0 Å². The summed E-state index contributed by atoms with van der Waals surface area (Å²) >= 11 is 4.96. The summed E-state index contributed by atoms with van der Waals surface area (Å²) in [6, 6.07) is 8.03. The summed E-state index contributed by atoms with van der Waals surface area (Å²) < 4.78 is 0. The molecule has 1 aromatic rings. The van der Waals surface area contributed by atoms with Crippen LogP contribution in [-0.4, -0.2) is 18.6 Å². The second kappa shape index (κ2) is 5.12. The van der Waals surface area contributed by atoms with Gasteiger partial charge in [0.05, 0.1) is 0 Å². The molecule has 1 rings (SSSR count). The minimum atomic E-state index is 0.454. The first kappa shape index (κ1) is 12.0. The zero-order valence-electron chi connectivity index (χ0n) is 9.53. The van der Waals surface area contributed by atoms with Crippen LogP contribution in [0.2, 0.25) is 0 Å². The highest BCUT2D eigenvalue weighted by molar-refractivity contribution is 7.80. The molecule has 15 heavy (non-hydrogen) atoms. The van der Waals surface area contributed by atoms with Gasteiger partial charge in [-0.05, 0) is 18.1 Å². The molecule has 0 saturated carbocycles. The second-order valence-corrected chi connectivity index (χ2v) is 4.63. The van der Waals surface area contributed by atoms with Crippen LogP contribution in [0.15, 0.2) is 24.3 Å². The third kappa shape index (κ3) is 3.51. The Hall–Kier alpha value is -1.09. The van der Waals surface area contributed by atoms with Crippen molar-refractivity contribution in [1.82, 2.24) is 0 Å². The highest BCUT2D eigenvalue weighted by atomic mass is 32.1. The standard InChI is InChI=1S/C12H18N2S/c1-9(2)8-14(3)11-6-4-5-10(7-11)12(13)15/h4-7,9H,8H2,1-3H3,(H2,13,15). The summed E-state index contributed by atoms with van der Waals surface area (Å²) in [6.07, 6.45) is 0. The largest absolute Gasteiger partial charge is 0.389 e. The quantitative estimate of drug-likeness (QED) is 0.793. The van der Waals surface area contributed by atoms with E-state index in [-0.39, 0.29) is 0 Å². The number of hydrogen-bond acceptors (Lipinski definition) is 2. The van der Waals surface area contributed by atoms with Gasteiger partial charge in [0, 0.05) is 24.8 Å². The molecule has 0 saturated heterocycles. The normalized spacial score (nSPS) is 10.4. The van der Waals surface area contributed by atoms with Crippen molar-refractivity contribution < 1.29 is 0 Å². The molecule has 0 aliphatic rings. The molecule has 0 atom stereocenters. The molecule has 0 bridgehead atoms. The number of thiocarbonyl (C=S) groups is 1. The van der Waals surface area contributed by atoms with Crippen molar-refractivity contribution in [2.24, 2.45) is 11.7 Å². The van der Waals surface area contributed by atoms with Gasteiger partial charge < -0.3 is 10.6 Å². The van der Waals surface area contributed by atoms with Crippen LogP contribution in [0.1, 0.15) is 19.4 Å². The van der Waals surface area contributed by atoms with E-state index in [2.05, 4.69) is 31.9 Å². The van der Waals surface area contributed by atoms with Crippen LogP contribution in [0.25, 0.3) is 0 Å². The first-order valence-corrected chi connectivity index (χ1v) is 5.52. The van der Waals surface area contributed by atoms with Gasteiger partial charge in [0.25, 0.3) is 0 Å². The summed E-state index contributed by atoms with van der Waals surface area (Å²) in [5.74, 6) is 0.642. The number of nitrogens with two attached hydrogens (primary N) is 1. The van der Waals surface area contributed by atoms with E-state index in [1.807, 2.05) is 18.2 Å². The first-order valence-electron chi connectivity index (χ1n) is 5.11. The third-order valence-corrected chi connectivity index (χ3v) is 2.45. The van der Waals surface area contributed by atoms with Crippen molar-refractivity contribution in [3.05, 3.63) is 29.8 Å². The summed E-state index contributed by atoms with van der Waals surface area (Å²) in [4.78, 5) is 2.67. The Labute approximate surface area is 97.1 Å². The molecule has 0 aliphatic carbocycles. The van der Waals surface area contributed by atoms with Crippen molar-refractivity contribution in [3.63, 3.8) is 0 Å². The molecule has 0 unspecified atom stereocenters. The first-order chi connectivity index (χ1) is 7.00. The molecule has 1 aromatic carbocycles. The Bertz CT molecular complexity index is 347. The lowest BCUT2D eigenvalue weighted by Crippen LogP contribution is -2.22. The van der Waals surface area contributed by atoms with Gasteiger partial charge in [-0.3, -0.25) is 0 Å². The molecule has 3 heteroatoms. The highest BCUT2D eigenvalue weighted by Gasteiger charge is 2.04. The van der Waals surface area contributed by atoms with Crippen molar-refractivity contribution >= 4 is 22.9 Å². The van der Waals surface area contributed by atoms with Gasteiger partial charge >= 0.3 is 0 Å². The predicted octanol–water partition coefficient (Wildman–Crippen LogP) is 2.41. The van der Waals surface area contributed by atoms with Crippen LogP contribution in [0.3, 0.4) is 0 Å². The fraction of sp³-hybridized carbons (Fsp3) is 0.417. The van der Waals surface area contributed by atoms with E-state index < -0.39 is 0 Å². The Balaban J connectivity index is 2.85. The van der Waals surface area contributed by atoms with Crippen LogP contribution in [0, 0.1) is 5.92 Å². The number of nitrogens with zero attached hydrogens (tertiary/aromatic N) is 1. The summed E-state index contributed by atoms with van der Waals surface area (Å²) in [7, 11) is 2.08. The average molecular weight is 222 g/mol. The van der Waals surface area contributed by atoms with Crippen LogP contribution >= 0.6 is 12.2 Å². The van der Waals surface area contributed by atoms with E-state index >= 15 is 0 Å².